The van der Waals surface area contributed by atoms with Crippen LogP contribution in [0.4, 0.5) is 4.79 Å². The molecule has 5 nitrogen and oxygen atoms in total. The van der Waals surface area contributed by atoms with Gasteiger partial charge in [-0.05, 0) is 42.7 Å². The molecule has 0 spiro atoms. The molecule has 0 saturated heterocycles. The van der Waals surface area contributed by atoms with Crippen molar-refractivity contribution in [1.29, 1.82) is 0 Å². The van der Waals surface area contributed by atoms with Gasteiger partial charge in [0, 0.05) is 0 Å². The zero-order valence-corrected chi connectivity index (χ0v) is 20.7. The minimum atomic E-state index is -0.972. The predicted octanol–water partition coefficient (Wildman–Crippen LogP) is 8.00. The standard InChI is InChI=1S/C29H41NO4/c1-2-3-4-5-6-7-8-9-10-11-12-13-14-18-24-19-17-20-25(23-24)33-28(31)26-21-15-16-22-27(26)34-29(30)32/h15-17,19-23H,2-14,18H2,1H3,(H2,30,32). The quantitative estimate of drug-likeness (QED) is 0.145. The maximum Gasteiger partial charge on any atom is 0.409 e. The third-order valence-electron chi connectivity index (χ3n) is 6.00. The Hall–Kier alpha value is -2.82. The molecule has 0 atom stereocenters. The SMILES string of the molecule is CCCCCCCCCCCCCCCc1cccc(OC(=O)c2ccccc2OC(N)=O)c1. The summed E-state index contributed by atoms with van der Waals surface area (Å²) in [5.74, 6) is -0.0239. The predicted molar refractivity (Wildman–Crippen MR) is 137 cm³/mol. The van der Waals surface area contributed by atoms with E-state index in [1.807, 2.05) is 12.1 Å². The van der Waals surface area contributed by atoms with Gasteiger partial charge in [-0.15, -0.1) is 0 Å². The molecule has 0 fully saturated rings. The monoisotopic (exact) mass is 467 g/mol. The van der Waals surface area contributed by atoms with Crippen molar-refractivity contribution in [3.63, 3.8) is 0 Å². The fraction of sp³-hybridized carbons (Fsp3) is 0.517. The summed E-state index contributed by atoms with van der Waals surface area (Å²) < 4.78 is 10.4. The number of benzene rings is 2. The van der Waals surface area contributed by atoms with Gasteiger partial charge in [0.05, 0.1) is 0 Å². The highest BCUT2D eigenvalue weighted by molar-refractivity contribution is 5.94. The lowest BCUT2D eigenvalue weighted by Crippen LogP contribution is -2.19. The second-order valence-corrected chi connectivity index (χ2v) is 8.95. The van der Waals surface area contributed by atoms with E-state index in [1.165, 1.54) is 89.2 Å². The maximum atomic E-state index is 12.6. The Labute approximate surface area is 205 Å². The van der Waals surface area contributed by atoms with E-state index in [0.717, 1.165) is 18.4 Å². The Morgan fingerprint density at radius 1 is 0.706 bits per heavy atom. The van der Waals surface area contributed by atoms with Gasteiger partial charge in [0.25, 0.3) is 0 Å². The summed E-state index contributed by atoms with van der Waals surface area (Å²) in [5, 5.41) is 0. The fourth-order valence-electron chi connectivity index (χ4n) is 4.11. The normalized spacial score (nSPS) is 10.7. The van der Waals surface area contributed by atoms with Gasteiger partial charge in [0.1, 0.15) is 17.1 Å². The zero-order chi connectivity index (χ0) is 24.4. The number of para-hydroxylation sites is 1. The van der Waals surface area contributed by atoms with Crippen LogP contribution >= 0.6 is 0 Å². The molecule has 2 N–H and O–H groups in total. The summed E-state index contributed by atoms with van der Waals surface area (Å²) in [6.07, 6.45) is 17.4. The number of rotatable bonds is 17. The van der Waals surface area contributed by atoms with Gasteiger partial charge >= 0.3 is 12.1 Å². The summed E-state index contributed by atoms with van der Waals surface area (Å²) in [4.78, 5) is 23.6. The number of carbonyl (C=O) groups excluding carboxylic acids is 2. The smallest absolute Gasteiger partial charge is 0.409 e. The molecule has 0 aliphatic heterocycles. The Morgan fingerprint density at radius 2 is 1.29 bits per heavy atom. The average molecular weight is 468 g/mol. The molecule has 0 bridgehead atoms. The van der Waals surface area contributed by atoms with E-state index in [2.05, 4.69) is 13.0 Å². The number of unbranched alkanes of at least 4 members (excludes halogenated alkanes) is 12. The summed E-state index contributed by atoms with van der Waals surface area (Å²) >= 11 is 0. The van der Waals surface area contributed by atoms with Crippen LogP contribution in [0.3, 0.4) is 0 Å². The molecule has 2 rings (SSSR count). The van der Waals surface area contributed by atoms with Crippen LogP contribution in [0.15, 0.2) is 48.5 Å². The average Bonchev–Trinajstić information content (AvgIpc) is 2.82. The van der Waals surface area contributed by atoms with Crippen molar-refractivity contribution in [2.45, 2.75) is 96.8 Å². The van der Waals surface area contributed by atoms with Gasteiger partial charge in [-0.1, -0.05) is 108 Å². The number of primary amides is 1. The molecule has 0 aliphatic rings. The first kappa shape index (κ1) is 27.4. The number of carbonyl (C=O) groups is 2. The van der Waals surface area contributed by atoms with Crippen LogP contribution in [0, 0.1) is 0 Å². The van der Waals surface area contributed by atoms with Crippen LogP contribution in [0.25, 0.3) is 0 Å². The van der Waals surface area contributed by atoms with E-state index in [1.54, 1.807) is 18.2 Å². The van der Waals surface area contributed by atoms with Crippen molar-refractivity contribution in [1.82, 2.24) is 0 Å². The van der Waals surface area contributed by atoms with Crippen LogP contribution in [-0.4, -0.2) is 12.1 Å². The molecule has 0 unspecified atom stereocenters. The van der Waals surface area contributed by atoms with Crippen molar-refractivity contribution >= 4 is 12.1 Å². The molecule has 2 aromatic rings. The van der Waals surface area contributed by atoms with E-state index < -0.39 is 12.1 Å². The molecule has 0 saturated carbocycles. The number of esters is 1. The Morgan fingerprint density at radius 3 is 1.91 bits per heavy atom. The second-order valence-electron chi connectivity index (χ2n) is 8.95. The van der Waals surface area contributed by atoms with Gasteiger partial charge in [-0.3, -0.25) is 0 Å². The molecule has 186 valence electrons. The summed E-state index contributed by atoms with van der Waals surface area (Å²) in [6.45, 7) is 2.27. The van der Waals surface area contributed by atoms with Crippen LogP contribution in [0.2, 0.25) is 0 Å². The second kappa shape index (κ2) is 16.7. The molecule has 0 aromatic heterocycles. The molecule has 5 heteroatoms. The van der Waals surface area contributed by atoms with Crippen LogP contribution in [0.1, 0.15) is 106 Å². The van der Waals surface area contributed by atoms with E-state index >= 15 is 0 Å². The first-order valence-electron chi connectivity index (χ1n) is 13.0. The van der Waals surface area contributed by atoms with Gasteiger partial charge in [-0.2, -0.15) is 0 Å². The van der Waals surface area contributed by atoms with E-state index in [4.69, 9.17) is 15.2 Å². The van der Waals surface area contributed by atoms with Crippen LogP contribution < -0.4 is 15.2 Å². The molecular formula is C29H41NO4. The van der Waals surface area contributed by atoms with E-state index in [0.29, 0.717) is 5.75 Å². The molecule has 2 aromatic carbocycles. The van der Waals surface area contributed by atoms with Gasteiger partial charge in [0.15, 0.2) is 0 Å². The van der Waals surface area contributed by atoms with Crippen LogP contribution in [-0.2, 0) is 6.42 Å². The van der Waals surface area contributed by atoms with Crippen molar-refractivity contribution in [3.8, 4) is 11.5 Å². The highest BCUT2D eigenvalue weighted by Crippen LogP contribution is 2.22. The van der Waals surface area contributed by atoms with Crippen molar-refractivity contribution in [3.05, 3.63) is 59.7 Å². The Bertz CT molecular complexity index is 865. The number of hydrogen-bond acceptors (Lipinski definition) is 4. The molecule has 0 aliphatic carbocycles. The molecular weight excluding hydrogens is 426 g/mol. The summed E-state index contributed by atoms with van der Waals surface area (Å²) in [6, 6.07) is 14.0. The topological polar surface area (TPSA) is 78.6 Å². The minimum Gasteiger partial charge on any atom is -0.423 e. The van der Waals surface area contributed by atoms with Gasteiger partial charge in [0.2, 0.25) is 0 Å². The number of nitrogens with two attached hydrogens (primary N) is 1. The zero-order valence-electron chi connectivity index (χ0n) is 20.7. The Kier molecular flexibility index (Phi) is 13.5. The fourth-order valence-corrected chi connectivity index (χ4v) is 4.11. The number of aryl methyl sites for hydroxylation is 1. The first-order valence-corrected chi connectivity index (χ1v) is 13.0. The number of ether oxygens (including phenoxy) is 2. The lowest BCUT2D eigenvalue weighted by Gasteiger charge is -2.09. The molecule has 34 heavy (non-hydrogen) atoms. The van der Waals surface area contributed by atoms with Crippen molar-refractivity contribution in [2.75, 3.05) is 0 Å². The van der Waals surface area contributed by atoms with Crippen molar-refractivity contribution < 1.29 is 19.1 Å². The third kappa shape index (κ3) is 11.4. The highest BCUT2D eigenvalue weighted by atomic mass is 16.6. The Balaban J connectivity index is 1.63. The lowest BCUT2D eigenvalue weighted by molar-refractivity contribution is 0.0732. The van der Waals surface area contributed by atoms with E-state index in [9.17, 15) is 9.59 Å². The minimum absolute atomic E-state index is 0.0862. The lowest BCUT2D eigenvalue weighted by atomic mass is 10.0. The number of amides is 1. The maximum absolute atomic E-state index is 12.6. The molecule has 0 heterocycles. The van der Waals surface area contributed by atoms with Crippen LogP contribution in [0.5, 0.6) is 11.5 Å². The molecule has 1 amide bonds. The highest BCUT2D eigenvalue weighted by Gasteiger charge is 2.16. The number of hydrogen-bond donors (Lipinski definition) is 1. The third-order valence-corrected chi connectivity index (χ3v) is 6.00. The largest absolute Gasteiger partial charge is 0.423 e. The van der Waals surface area contributed by atoms with Gasteiger partial charge in [-0.25, -0.2) is 9.59 Å². The summed E-state index contributed by atoms with van der Waals surface area (Å²) in [7, 11) is 0. The van der Waals surface area contributed by atoms with Gasteiger partial charge < -0.3 is 15.2 Å². The first-order chi connectivity index (χ1) is 16.6. The van der Waals surface area contributed by atoms with Crippen molar-refractivity contribution in [2.24, 2.45) is 5.73 Å². The molecule has 0 radical (unpaired) electrons. The van der Waals surface area contributed by atoms with E-state index in [-0.39, 0.29) is 11.3 Å². The summed E-state index contributed by atoms with van der Waals surface area (Å²) in [5.41, 5.74) is 6.38.